The Balaban J connectivity index is 2.23. The molecular weight excluding hydrogens is 429 g/mol. The van der Waals surface area contributed by atoms with Gasteiger partial charge in [-0.2, -0.15) is 18.4 Å². The van der Waals surface area contributed by atoms with Gasteiger partial charge in [-0.25, -0.2) is 0 Å². The molecule has 0 fully saturated rings. The highest BCUT2D eigenvalue weighted by molar-refractivity contribution is 5.87. The molecule has 0 amide bonds. The van der Waals surface area contributed by atoms with Gasteiger partial charge in [0.1, 0.15) is 11.8 Å². The number of nitrogens with one attached hydrogen (secondary N) is 1. The number of aromatic amines is 1. The summed E-state index contributed by atoms with van der Waals surface area (Å²) in [5.41, 5.74) is -2.04. The Kier molecular flexibility index (Phi) is 6.06. The van der Waals surface area contributed by atoms with Gasteiger partial charge >= 0.3 is 6.18 Å². The zero-order valence-electron chi connectivity index (χ0n) is 19.4. The molecule has 0 radical (unpaired) electrons. The standard InChI is InChI=1S/C26H29F3N2O2/c1-23(2,3)16-10-11-22(32)19(12-16)24(4,15-25(5,33)26(27,28)29)13-21-18(14-30)17-8-6-7-9-20(17)31-21/h6-12,31-33H,13,15H2,1-5H3. The molecule has 0 aliphatic carbocycles. The number of nitriles is 1. The Hall–Kier alpha value is -2.98. The van der Waals surface area contributed by atoms with Crippen molar-refractivity contribution in [2.24, 2.45) is 0 Å². The molecule has 1 heterocycles. The normalized spacial score (nSPS) is 16.2. The van der Waals surface area contributed by atoms with Crippen molar-refractivity contribution in [1.29, 1.82) is 5.26 Å². The highest BCUT2D eigenvalue weighted by atomic mass is 19.4. The Morgan fingerprint density at radius 3 is 2.21 bits per heavy atom. The first-order valence-corrected chi connectivity index (χ1v) is 10.7. The number of nitrogens with zero attached hydrogens (tertiary/aromatic N) is 1. The van der Waals surface area contributed by atoms with E-state index in [1.165, 1.54) is 6.07 Å². The minimum absolute atomic E-state index is 0.0159. The first kappa shape index (κ1) is 24.7. The molecule has 33 heavy (non-hydrogen) atoms. The summed E-state index contributed by atoms with van der Waals surface area (Å²) < 4.78 is 41.2. The van der Waals surface area contributed by atoms with Crippen molar-refractivity contribution >= 4 is 10.9 Å². The molecule has 3 rings (SSSR count). The molecule has 0 spiro atoms. The van der Waals surface area contributed by atoms with Crippen LogP contribution in [0.15, 0.2) is 42.5 Å². The lowest BCUT2D eigenvalue weighted by atomic mass is 9.69. The quantitative estimate of drug-likeness (QED) is 0.423. The first-order valence-electron chi connectivity index (χ1n) is 10.7. The van der Waals surface area contributed by atoms with Crippen molar-refractivity contribution in [3.05, 3.63) is 64.8 Å². The number of phenols is 1. The predicted molar refractivity (Wildman–Crippen MR) is 122 cm³/mol. The zero-order chi connectivity index (χ0) is 24.8. The Bertz CT molecular complexity index is 1210. The molecule has 2 aromatic carbocycles. The smallest absolute Gasteiger partial charge is 0.416 e. The molecule has 3 aromatic rings. The van der Waals surface area contributed by atoms with Crippen LogP contribution < -0.4 is 0 Å². The third kappa shape index (κ3) is 4.72. The maximum absolute atomic E-state index is 13.7. The average Bonchev–Trinajstić information content (AvgIpc) is 3.02. The van der Waals surface area contributed by atoms with E-state index < -0.39 is 23.6 Å². The van der Waals surface area contributed by atoms with Crippen LogP contribution in [-0.4, -0.2) is 27.0 Å². The molecule has 0 saturated carbocycles. The number of hydrogen-bond donors (Lipinski definition) is 3. The van der Waals surface area contributed by atoms with E-state index in [9.17, 15) is 28.6 Å². The fourth-order valence-corrected chi connectivity index (χ4v) is 4.45. The lowest BCUT2D eigenvalue weighted by Crippen LogP contribution is -2.48. The van der Waals surface area contributed by atoms with E-state index in [0.29, 0.717) is 27.7 Å². The number of benzene rings is 2. The van der Waals surface area contributed by atoms with Crippen molar-refractivity contribution < 1.29 is 23.4 Å². The van der Waals surface area contributed by atoms with Crippen molar-refractivity contribution in [3.63, 3.8) is 0 Å². The van der Waals surface area contributed by atoms with Crippen LogP contribution in [0.3, 0.4) is 0 Å². The summed E-state index contributed by atoms with van der Waals surface area (Å²) in [4.78, 5) is 3.16. The number of halogens is 3. The van der Waals surface area contributed by atoms with Crippen LogP contribution in [0.5, 0.6) is 5.75 Å². The van der Waals surface area contributed by atoms with Crippen LogP contribution >= 0.6 is 0 Å². The largest absolute Gasteiger partial charge is 0.508 e. The average molecular weight is 459 g/mol. The number of fused-ring (bicyclic) bond motifs is 1. The number of aromatic hydroxyl groups is 1. The fraction of sp³-hybridized carbons (Fsp3) is 0.423. The number of alkyl halides is 3. The SMILES string of the molecule is CC(C)(C)c1ccc(O)c(C(C)(Cc2[nH]c3ccccc3c2C#N)CC(C)(O)C(F)(F)F)c1. The number of H-pyrrole nitrogens is 1. The van der Waals surface area contributed by atoms with Crippen LogP contribution in [0.25, 0.3) is 10.9 Å². The Labute approximate surface area is 191 Å². The molecule has 3 N–H and O–H groups in total. The van der Waals surface area contributed by atoms with Crippen molar-refractivity contribution in [2.75, 3.05) is 0 Å². The third-order valence-electron chi connectivity index (χ3n) is 6.32. The van der Waals surface area contributed by atoms with Gasteiger partial charge in [0.2, 0.25) is 0 Å². The van der Waals surface area contributed by atoms with E-state index in [1.807, 2.05) is 20.8 Å². The molecule has 2 unspecified atom stereocenters. The van der Waals surface area contributed by atoms with Crippen LogP contribution in [0, 0.1) is 11.3 Å². The van der Waals surface area contributed by atoms with Gasteiger partial charge in [0.25, 0.3) is 0 Å². The van der Waals surface area contributed by atoms with Crippen LogP contribution in [-0.2, 0) is 17.3 Å². The first-order chi connectivity index (χ1) is 15.1. The molecule has 0 bridgehead atoms. The fourth-order valence-electron chi connectivity index (χ4n) is 4.45. The highest BCUT2D eigenvalue weighted by Crippen LogP contribution is 2.46. The maximum Gasteiger partial charge on any atom is 0.416 e. The molecule has 0 saturated heterocycles. The van der Waals surface area contributed by atoms with Crippen molar-refractivity contribution in [2.45, 2.75) is 70.1 Å². The maximum atomic E-state index is 13.7. The zero-order valence-corrected chi connectivity index (χ0v) is 19.4. The van der Waals surface area contributed by atoms with Gasteiger partial charge in [-0.3, -0.25) is 0 Å². The Morgan fingerprint density at radius 2 is 1.64 bits per heavy atom. The Morgan fingerprint density at radius 1 is 1.00 bits per heavy atom. The van der Waals surface area contributed by atoms with Crippen molar-refractivity contribution in [3.8, 4) is 11.8 Å². The number of hydrogen-bond acceptors (Lipinski definition) is 3. The third-order valence-corrected chi connectivity index (χ3v) is 6.32. The van der Waals surface area contributed by atoms with Crippen LogP contribution in [0.4, 0.5) is 13.2 Å². The summed E-state index contributed by atoms with van der Waals surface area (Å²) in [7, 11) is 0. The number of aliphatic hydroxyl groups is 1. The molecule has 7 heteroatoms. The number of para-hydroxylation sites is 1. The summed E-state index contributed by atoms with van der Waals surface area (Å²) >= 11 is 0. The van der Waals surface area contributed by atoms with Gasteiger partial charge in [0.15, 0.2) is 5.60 Å². The molecule has 1 aromatic heterocycles. The van der Waals surface area contributed by atoms with Gasteiger partial charge in [-0.05, 0) is 42.9 Å². The van der Waals surface area contributed by atoms with E-state index in [0.717, 1.165) is 12.5 Å². The summed E-state index contributed by atoms with van der Waals surface area (Å²) in [5, 5.41) is 31.6. The number of rotatable bonds is 5. The highest BCUT2D eigenvalue weighted by Gasteiger charge is 2.53. The van der Waals surface area contributed by atoms with Gasteiger partial charge in [0.05, 0.1) is 5.56 Å². The van der Waals surface area contributed by atoms with Gasteiger partial charge in [-0.15, -0.1) is 0 Å². The van der Waals surface area contributed by atoms with Crippen LogP contribution in [0.2, 0.25) is 0 Å². The summed E-state index contributed by atoms with van der Waals surface area (Å²) in [6.07, 6.45) is -5.59. The van der Waals surface area contributed by atoms with Crippen molar-refractivity contribution in [1.82, 2.24) is 4.98 Å². The van der Waals surface area contributed by atoms with Gasteiger partial charge in [0, 0.05) is 27.6 Å². The van der Waals surface area contributed by atoms with E-state index in [2.05, 4.69) is 11.1 Å². The summed E-state index contributed by atoms with van der Waals surface area (Å²) in [6.45, 7) is 8.24. The monoisotopic (exact) mass is 458 g/mol. The lowest BCUT2D eigenvalue weighted by Gasteiger charge is -2.39. The minimum Gasteiger partial charge on any atom is -0.508 e. The second-order valence-corrected chi connectivity index (χ2v) is 10.3. The van der Waals surface area contributed by atoms with Crippen LogP contribution in [0.1, 0.15) is 63.4 Å². The predicted octanol–water partition coefficient (Wildman–Crippen LogP) is 6.25. The van der Waals surface area contributed by atoms with E-state index in [4.69, 9.17) is 0 Å². The number of aromatic nitrogens is 1. The molecule has 0 aliphatic heterocycles. The number of phenolic OH excluding ortho intramolecular Hbond substituents is 1. The second-order valence-electron chi connectivity index (χ2n) is 10.3. The van der Waals surface area contributed by atoms with E-state index >= 15 is 0 Å². The van der Waals surface area contributed by atoms with Gasteiger partial charge < -0.3 is 15.2 Å². The minimum atomic E-state index is -4.87. The van der Waals surface area contributed by atoms with Gasteiger partial charge in [-0.1, -0.05) is 58.0 Å². The molecular formula is C26H29F3N2O2. The summed E-state index contributed by atoms with van der Waals surface area (Å²) in [5.74, 6) is -0.155. The molecule has 2 atom stereocenters. The molecule has 4 nitrogen and oxygen atoms in total. The topological polar surface area (TPSA) is 80.0 Å². The summed E-state index contributed by atoms with van der Waals surface area (Å²) in [6, 6.07) is 14.2. The lowest BCUT2D eigenvalue weighted by molar-refractivity contribution is -0.259. The second kappa shape index (κ2) is 8.11. The molecule has 0 aliphatic rings. The molecule has 176 valence electrons. The van der Waals surface area contributed by atoms with E-state index in [1.54, 1.807) is 43.3 Å². The van der Waals surface area contributed by atoms with E-state index in [-0.39, 0.29) is 17.6 Å².